The molecular formula is C22H22ClNO2. The normalized spacial score (nSPS) is 19.9. The standard InChI is InChI=1S/C22H22ClNO2/c1-13-11-16(15-6-8-17(23)9-7-15)12-14(2)19(13)20-21(25)18-5-3-4-10-24(18)22(20)26/h6-9,11-12,18,25H,3-5,10H2,1-2H3. The van der Waals surface area contributed by atoms with E-state index < -0.39 is 0 Å². The van der Waals surface area contributed by atoms with Gasteiger partial charge in [-0.25, -0.2) is 0 Å². The third-order valence-electron chi connectivity index (χ3n) is 5.51. The number of amides is 1. The van der Waals surface area contributed by atoms with Crippen molar-refractivity contribution >= 4 is 23.1 Å². The van der Waals surface area contributed by atoms with E-state index in [2.05, 4.69) is 12.1 Å². The molecule has 1 atom stereocenters. The summed E-state index contributed by atoms with van der Waals surface area (Å²) in [6.07, 6.45) is 2.91. The summed E-state index contributed by atoms with van der Waals surface area (Å²) in [6.45, 7) is 4.75. The second-order valence-corrected chi connectivity index (χ2v) is 7.70. The number of aryl methyl sites for hydroxylation is 2. The molecule has 1 fully saturated rings. The molecule has 1 saturated heterocycles. The zero-order chi connectivity index (χ0) is 18.4. The summed E-state index contributed by atoms with van der Waals surface area (Å²) >= 11 is 5.99. The van der Waals surface area contributed by atoms with E-state index in [0.717, 1.165) is 53.6 Å². The molecular weight excluding hydrogens is 346 g/mol. The monoisotopic (exact) mass is 367 g/mol. The Morgan fingerprint density at radius 3 is 2.31 bits per heavy atom. The van der Waals surface area contributed by atoms with Crippen LogP contribution >= 0.6 is 11.6 Å². The van der Waals surface area contributed by atoms with Crippen molar-refractivity contribution in [2.24, 2.45) is 0 Å². The maximum absolute atomic E-state index is 12.9. The van der Waals surface area contributed by atoms with Gasteiger partial charge in [-0.1, -0.05) is 35.9 Å². The van der Waals surface area contributed by atoms with Crippen LogP contribution in [0, 0.1) is 13.8 Å². The molecule has 4 heteroatoms. The molecule has 4 rings (SSSR count). The number of nitrogens with zero attached hydrogens (tertiary/aromatic N) is 1. The van der Waals surface area contributed by atoms with Crippen molar-refractivity contribution in [1.29, 1.82) is 0 Å². The summed E-state index contributed by atoms with van der Waals surface area (Å²) in [6, 6.07) is 11.8. The molecule has 2 aliphatic rings. The number of carbonyl (C=O) groups is 1. The molecule has 2 aromatic carbocycles. The van der Waals surface area contributed by atoms with Gasteiger partial charge in [0.2, 0.25) is 0 Å². The fourth-order valence-corrected chi connectivity index (χ4v) is 4.41. The molecule has 2 aromatic rings. The predicted molar refractivity (Wildman–Crippen MR) is 105 cm³/mol. The lowest BCUT2D eigenvalue weighted by Crippen LogP contribution is -2.39. The van der Waals surface area contributed by atoms with Crippen LogP contribution in [0.25, 0.3) is 16.7 Å². The first-order valence-electron chi connectivity index (χ1n) is 9.09. The van der Waals surface area contributed by atoms with Gasteiger partial charge in [0.15, 0.2) is 0 Å². The second-order valence-electron chi connectivity index (χ2n) is 7.26. The molecule has 1 N–H and O–H groups in total. The van der Waals surface area contributed by atoms with Crippen molar-refractivity contribution in [2.75, 3.05) is 6.54 Å². The Morgan fingerprint density at radius 1 is 1.04 bits per heavy atom. The molecule has 1 unspecified atom stereocenters. The zero-order valence-corrected chi connectivity index (χ0v) is 15.8. The summed E-state index contributed by atoms with van der Waals surface area (Å²) in [4.78, 5) is 14.8. The Kier molecular flexibility index (Phi) is 4.28. The first kappa shape index (κ1) is 17.2. The number of carbonyl (C=O) groups excluding carboxylic acids is 1. The van der Waals surface area contributed by atoms with Gasteiger partial charge in [-0.3, -0.25) is 4.79 Å². The highest BCUT2D eigenvalue weighted by molar-refractivity contribution is 6.30. The van der Waals surface area contributed by atoms with Gasteiger partial charge in [-0.2, -0.15) is 0 Å². The van der Waals surface area contributed by atoms with Gasteiger partial charge in [0.1, 0.15) is 5.76 Å². The van der Waals surface area contributed by atoms with Crippen LogP contribution in [0.5, 0.6) is 0 Å². The van der Waals surface area contributed by atoms with Crippen LogP contribution in [-0.2, 0) is 4.79 Å². The molecule has 3 nitrogen and oxygen atoms in total. The fourth-order valence-electron chi connectivity index (χ4n) is 4.28. The van der Waals surface area contributed by atoms with Gasteiger partial charge in [0, 0.05) is 11.6 Å². The van der Waals surface area contributed by atoms with E-state index in [0.29, 0.717) is 10.6 Å². The zero-order valence-electron chi connectivity index (χ0n) is 15.1. The van der Waals surface area contributed by atoms with Crippen LogP contribution in [0.3, 0.4) is 0 Å². The Morgan fingerprint density at radius 2 is 1.69 bits per heavy atom. The molecule has 0 aliphatic carbocycles. The third kappa shape index (κ3) is 2.71. The van der Waals surface area contributed by atoms with Crippen LogP contribution in [0.15, 0.2) is 42.2 Å². The van der Waals surface area contributed by atoms with Gasteiger partial charge in [0.25, 0.3) is 5.91 Å². The van der Waals surface area contributed by atoms with Crippen molar-refractivity contribution in [3.05, 3.63) is 63.9 Å². The summed E-state index contributed by atoms with van der Waals surface area (Å²) < 4.78 is 0. The van der Waals surface area contributed by atoms with Crippen LogP contribution < -0.4 is 0 Å². The maximum atomic E-state index is 12.9. The summed E-state index contributed by atoms with van der Waals surface area (Å²) in [5.41, 5.74) is 5.55. The average Bonchev–Trinajstić information content (AvgIpc) is 2.87. The highest BCUT2D eigenvalue weighted by atomic mass is 35.5. The van der Waals surface area contributed by atoms with E-state index in [1.165, 1.54) is 0 Å². The first-order chi connectivity index (χ1) is 12.5. The molecule has 0 radical (unpaired) electrons. The lowest BCUT2D eigenvalue weighted by atomic mass is 9.90. The van der Waals surface area contributed by atoms with Crippen molar-refractivity contribution in [3.8, 4) is 11.1 Å². The first-order valence-corrected chi connectivity index (χ1v) is 9.47. The van der Waals surface area contributed by atoms with E-state index in [1.807, 2.05) is 43.0 Å². The van der Waals surface area contributed by atoms with Crippen molar-refractivity contribution in [2.45, 2.75) is 39.2 Å². The van der Waals surface area contributed by atoms with Crippen LogP contribution in [0.1, 0.15) is 36.0 Å². The summed E-state index contributed by atoms with van der Waals surface area (Å²) in [7, 11) is 0. The van der Waals surface area contributed by atoms with Gasteiger partial charge >= 0.3 is 0 Å². The Bertz CT molecular complexity index is 891. The predicted octanol–water partition coefficient (Wildman–Crippen LogP) is 5.29. The summed E-state index contributed by atoms with van der Waals surface area (Å²) in [5.74, 6) is 0.220. The van der Waals surface area contributed by atoms with Crippen molar-refractivity contribution in [3.63, 3.8) is 0 Å². The third-order valence-corrected chi connectivity index (χ3v) is 5.76. The molecule has 1 amide bonds. The molecule has 2 heterocycles. The topological polar surface area (TPSA) is 40.5 Å². The highest BCUT2D eigenvalue weighted by Crippen LogP contribution is 2.39. The Hall–Kier alpha value is -2.26. The quantitative estimate of drug-likeness (QED) is 0.783. The van der Waals surface area contributed by atoms with Crippen LogP contribution in [-0.4, -0.2) is 28.5 Å². The Labute approximate surface area is 158 Å². The van der Waals surface area contributed by atoms with E-state index in [9.17, 15) is 9.90 Å². The van der Waals surface area contributed by atoms with E-state index in [-0.39, 0.29) is 17.7 Å². The second kappa shape index (κ2) is 6.48. The number of hydrogen-bond acceptors (Lipinski definition) is 2. The fraction of sp³-hybridized carbons (Fsp3) is 0.318. The van der Waals surface area contributed by atoms with Crippen molar-refractivity contribution in [1.82, 2.24) is 4.90 Å². The minimum absolute atomic E-state index is 0.0300. The Balaban J connectivity index is 1.79. The molecule has 0 bridgehead atoms. The number of rotatable bonds is 2. The number of halogens is 1. The lowest BCUT2D eigenvalue weighted by molar-refractivity contribution is -0.126. The largest absolute Gasteiger partial charge is 0.509 e. The van der Waals surface area contributed by atoms with E-state index >= 15 is 0 Å². The van der Waals surface area contributed by atoms with E-state index in [4.69, 9.17) is 11.6 Å². The maximum Gasteiger partial charge on any atom is 0.258 e. The van der Waals surface area contributed by atoms with Gasteiger partial charge in [-0.15, -0.1) is 0 Å². The van der Waals surface area contributed by atoms with E-state index in [1.54, 1.807) is 0 Å². The van der Waals surface area contributed by atoms with Crippen molar-refractivity contribution < 1.29 is 9.90 Å². The lowest BCUT2D eigenvalue weighted by Gasteiger charge is -2.29. The number of fused-ring (bicyclic) bond motifs is 1. The molecule has 0 aromatic heterocycles. The van der Waals surface area contributed by atoms with Crippen LogP contribution in [0.4, 0.5) is 0 Å². The van der Waals surface area contributed by atoms with Gasteiger partial charge < -0.3 is 10.0 Å². The number of aliphatic hydroxyl groups excluding tert-OH is 1. The average molecular weight is 368 g/mol. The molecule has 0 saturated carbocycles. The molecule has 26 heavy (non-hydrogen) atoms. The molecule has 134 valence electrons. The smallest absolute Gasteiger partial charge is 0.258 e. The minimum atomic E-state index is -0.138. The van der Waals surface area contributed by atoms with Crippen LogP contribution in [0.2, 0.25) is 5.02 Å². The summed E-state index contributed by atoms with van der Waals surface area (Å²) in [5, 5.41) is 11.5. The number of piperidine rings is 1. The molecule has 2 aliphatic heterocycles. The van der Waals surface area contributed by atoms with Gasteiger partial charge in [0.05, 0.1) is 11.6 Å². The number of aliphatic hydroxyl groups is 1. The number of hydrogen-bond donors (Lipinski definition) is 1. The highest BCUT2D eigenvalue weighted by Gasteiger charge is 2.41. The van der Waals surface area contributed by atoms with Gasteiger partial charge in [-0.05, 0) is 73.1 Å². The molecule has 0 spiro atoms. The number of benzene rings is 2. The minimum Gasteiger partial charge on any atom is -0.509 e. The SMILES string of the molecule is Cc1cc(-c2ccc(Cl)cc2)cc(C)c1C1=C(O)C2CCCCN2C1=O.